The number of ether oxygens (including phenoxy) is 1. The van der Waals surface area contributed by atoms with Gasteiger partial charge in [0, 0.05) is 10.9 Å². The monoisotopic (exact) mass is 338 g/mol. The molecule has 2 nitrogen and oxygen atoms in total. The molecule has 106 valence electrons. The van der Waals surface area contributed by atoms with Gasteiger partial charge in [0.1, 0.15) is 0 Å². The number of benzene rings is 2. The average Bonchev–Trinajstić information content (AvgIpc) is 2.43. The summed E-state index contributed by atoms with van der Waals surface area (Å²) in [5.74, 6) is -0.226. The average molecular weight is 339 g/mol. The van der Waals surface area contributed by atoms with Crippen LogP contribution >= 0.6 is 15.9 Å². The standard InChI is InChI=1S/C16H16BrFO2/c1-10-6-7-13(17)12(8-10)14(19)9-11-4-3-5-15(20-2)16(11)18/h3-8,14,19H,9H2,1-2H3. The van der Waals surface area contributed by atoms with Gasteiger partial charge < -0.3 is 9.84 Å². The highest BCUT2D eigenvalue weighted by Gasteiger charge is 2.16. The molecule has 1 unspecified atom stereocenters. The molecular formula is C16H16BrFO2. The Bertz CT molecular complexity index is 613. The van der Waals surface area contributed by atoms with E-state index in [4.69, 9.17) is 4.74 Å². The van der Waals surface area contributed by atoms with Gasteiger partial charge in [-0.1, -0.05) is 45.8 Å². The maximum atomic E-state index is 14.1. The van der Waals surface area contributed by atoms with E-state index < -0.39 is 11.9 Å². The van der Waals surface area contributed by atoms with E-state index in [2.05, 4.69) is 15.9 Å². The highest BCUT2D eigenvalue weighted by molar-refractivity contribution is 9.10. The summed E-state index contributed by atoms with van der Waals surface area (Å²) in [7, 11) is 1.43. The second kappa shape index (κ2) is 6.37. The molecule has 2 rings (SSSR count). The molecule has 4 heteroatoms. The van der Waals surface area contributed by atoms with Gasteiger partial charge >= 0.3 is 0 Å². The van der Waals surface area contributed by atoms with Crippen LogP contribution in [0.2, 0.25) is 0 Å². The molecule has 0 radical (unpaired) electrons. The van der Waals surface area contributed by atoms with Crippen LogP contribution in [0.5, 0.6) is 5.75 Å². The third-order valence-corrected chi connectivity index (χ3v) is 3.91. The van der Waals surface area contributed by atoms with Gasteiger partial charge in [0.2, 0.25) is 0 Å². The quantitative estimate of drug-likeness (QED) is 0.905. The topological polar surface area (TPSA) is 29.5 Å². The predicted molar refractivity (Wildman–Crippen MR) is 80.5 cm³/mol. The Hall–Kier alpha value is -1.39. The van der Waals surface area contributed by atoms with Crippen LogP contribution in [-0.4, -0.2) is 12.2 Å². The number of methoxy groups -OCH3 is 1. The summed E-state index contributed by atoms with van der Waals surface area (Å²) in [6, 6.07) is 10.7. The van der Waals surface area contributed by atoms with Crippen molar-refractivity contribution in [3.8, 4) is 5.75 Å². The van der Waals surface area contributed by atoms with Crippen molar-refractivity contribution in [1.82, 2.24) is 0 Å². The molecule has 0 saturated carbocycles. The summed E-state index contributed by atoms with van der Waals surface area (Å²) < 4.78 is 19.8. The van der Waals surface area contributed by atoms with E-state index in [-0.39, 0.29) is 12.2 Å². The van der Waals surface area contributed by atoms with E-state index in [9.17, 15) is 9.50 Å². The van der Waals surface area contributed by atoms with Crippen molar-refractivity contribution < 1.29 is 14.2 Å². The molecule has 2 aromatic rings. The van der Waals surface area contributed by atoms with Crippen molar-refractivity contribution in [1.29, 1.82) is 0 Å². The van der Waals surface area contributed by atoms with Gasteiger partial charge in [-0.05, 0) is 30.2 Å². The van der Waals surface area contributed by atoms with Crippen molar-refractivity contribution in [2.24, 2.45) is 0 Å². The molecule has 2 aromatic carbocycles. The van der Waals surface area contributed by atoms with Crippen LogP contribution in [0.3, 0.4) is 0 Å². The molecule has 0 aromatic heterocycles. The van der Waals surface area contributed by atoms with Gasteiger partial charge in [-0.2, -0.15) is 0 Å². The van der Waals surface area contributed by atoms with E-state index in [1.807, 2.05) is 25.1 Å². The minimum Gasteiger partial charge on any atom is -0.494 e. The second-order valence-corrected chi connectivity index (χ2v) is 5.53. The van der Waals surface area contributed by atoms with E-state index in [1.165, 1.54) is 7.11 Å². The molecule has 0 amide bonds. The van der Waals surface area contributed by atoms with E-state index >= 15 is 0 Å². The number of aliphatic hydroxyl groups is 1. The van der Waals surface area contributed by atoms with Gasteiger partial charge in [-0.25, -0.2) is 4.39 Å². The zero-order chi connectivity index (χ0) is 14.7. The van der Waals surface area contributed by atoms with Crippen molar-refractivity contribution in [3.63, 3.8) is 0 Å². The first kappa shape index (κ1) is 15.0. The molecule has 0 fully saturated rings. The molecular weight excluding hydrogens is 323 g/mol. The van der Waals surface area contributed by atoms with Crippen LogP contribution in [0.25, 0.3) is 0 Å². The summed E-state index contributed by atoms with van der Waals surface area (Å²) in [5, 5.41) is 10.3. The van der Waals surface area contributed by atoms with Crippen molar-refractivity contribution in [2.75, 3.05) is 7.11 Å². The Kier molecular flexibility index (Phi) is 4.78. The molecule has 0 heterocycles. The van der Waals surface area contributed by atoms with Crippen LogP contribution in [-0.2, 0) is 6.42 Å². The van der Waals surface area contributed by atoms with Gasteiger partial charge in [0.25, 0.3) is 0 Å². The largest absolute Gasteiger partial charge is 0.494 e. The molecule has 0 aliphatic carbocycles. The summed E-state index contributed by atoms with van der Waals surface area (Å²) in [6.45, 7) is 1.95. The molecule has 0 bridgehead atoms. The fourth-order valence-electron chi connectivity index (χ4n) is 2.11. The van der Waals surface area contributed by atoms with Gasteiger partial charge in [0.05, 0.1) is 13.2 Å². The number of aliphatic hydroxyl groups excluding tert-OH is 1. The minimum atomic E-state index is -0.772. The lowest BCUT2D eigenvalue weighted by Gasteiger charge is -2.15. The molecule has 0 saturated heterocycles. The van der Waals surface area contributed by atoms with Gasteiger partial charge in [0.15, 0.2) is 11.6 Å². The lowest BCUT2D eigenvalue weighted by atomic mass is 9.99. The lowest BCUT2D eigenvalue weighted by molar-refractivity contribution is 0.176. The van der Waals surface area contributed by atoms with Crippen LogP contribution in [0, 0.1) is 12.7 Å². The molecule has 1 atom stereocenters. The molecule has 0 spiro atoms. The fourth-order valence-corrected chi connectivity index (χ4v) is 2.62. The number of hydrogen-bond acceptors (Lipinski definition) is 2. The Labute approximate surface area is 126 Å². The first-order valence-corrected chi connectivity index (χ1v) is 7.07. The highest BCUT2D eigenvalue weighted by Crippen LogP contribution is 2.29. The Morgan fingerprint density at radius 1 is 1.30 bits per heavy atom. The first-order valence-electron chi connectivity index (χ1n) is 6.28. The SMILES string of the molecule is COc1cccc(CC(O)c2cc(C)ccc2Br)c1F. The summed E-state index contributed by atoms with van der Waals surface area (Å²) in [4.78, 5) is 0. The van der Waals surface area contributed by atoms with Gasteiger partial charge in [-0.15, -0.1) is 0 Å². The number of rotatable bonds is 4. The van der Waals surface area contributed by atoms with Crippen LogP contribution in [0.4, 0.5) is 4.39 Å². The van der Waals surface area contributed by atoms with Crippen LogP contribution in [0.15, 0.2) is 40.9 Å². The first-order chi connectivity index (χ1) is 9.52. The third kappa shape index (κ3) is 3.19. The Balaban J connectivity index is 2.28. The predicted octanol–water partition coefficient (Wildman–Crippen LogP) is 4.18. The van der Waals surface area contributed by atoms with Crippen LogP contribution < -0.4 is 4.74 Å². The molecule has 20 heavy (non-hydrogen) atoms. The Morgan fingerprint density at radius 3 is 2.75 bits per heavy atom. The van der Waals surface area contributed by atoms with E-state index in [0.29, 0.717) is 5.56 Å². The second-order valence-electron chi connectivity index (χ2n) is 4.68. The lowest BCUT2D eigenvalue weighted by Crippen LogP contribution is -2.05. The Morgan fingerprint density at radius 2 is 2.05 bits per heavy atom. The molecule has 0 aliphatic rings. The maximum absolute atomic E-state index is 14.1. The minimum absolute atomic E-state index is 0.193. The third-order valence-electron chi connectivity index (χ3n) is 3.19. The smallest absolute Gasteiger partial charge is 0.168 e. The number of hydrogen-bond donors (Lipinski definition) is 1. The molecule has 0 aliphatic heterocycles. The van der Waals surface area contributed by atoms with Crippen molar-refractivity contribution in [3.05, 3.63) is 63.4 Å². The summed E-state index contributed by atoms with van der Waals surface area (Å²) >= 11 is 3.41. The number of aryl methyl sites for hydroxylation is 1. The normalized spacial score (nSPS) is 12.2. The summed E-state index contributed by atoms with van der Waals surface area (Å²) in [6.07, 6.45) is -0.573. The molecule has 1 N–H and O–H groups in total. The zero-order valence-electron chi connectivity index (χ0n) is 11.4. The maximum Gasteiger partial charge on any atom is 0.168 e. The van der Waals surface area contributed by atoms with Gasteiger partial charge in [-0.3, -0.25) is 0 Å². The van der Waals surface area contributed by atoms with E-state index in [1.54, 1.807) is 18.2 Å². The highest BCUT2D eigenvalue weighted by atomic mass is 79.9. The van der Waals surface area contributed by atoms with Crippen molar-refractivity contribution >= 4 is 15.9 Å². The number of halogens is 2. The zero-order valence-corrected chi connectivity index (χ0v) is 12.9. The van der Waals surface area contributed by atoms with Crippen molar-refractivity contribution in [2.45, 2.75) is 19.4 Å². The van der Waals surface area contributed by atoms with Crippen LogP contribution in [0.1, 0.15) is 22.8 Å². The summed E-state index contributed by atoms with van der Waals surface area (Å²) in [5.41, 5.74) is 2.24. The van der Waals surface area contributed by atoms with E-state index in [0.717, 1.165) is 15.6 Å². The fraction of sp³-hybridized carbons (Fsp3) is 0.250.